The molecule has 152 valence electrons. The predicted octanol–water partition coefficient (Wildman–Crippen LogP) is 3.30. The van der Waals surface area contributed by atoms with Crippen LogP contribution in [0.4, 0.5) is 0 Å². The zero-order chi connectivity index (χ0) is 21.2. The minimum Gasteiger partial charge on any atom is -0.315 e. The van der Waals surface area contributed by atoms with Crippen LogP contribution in [0.5, 0.6) is 0 Å². The molecule has 0 amide bonds. The van der Waals surface area contributed by atoms with Gasteiger partial charge in [0.25, 0.3) is 0 Å². The summed E-state index contributed by atoms with van der Waals surface area (Å²) < 4.78 is 5.47. The maximum absolute atomic E-state index is 7.45. The topological polar surface area (TPSA) is 74.5 Å². The van der Waals surface area contributed by atoms with Crippen LogP contribution >= 0.6 is 0 Å². The van der Waals surface area contributed by atoms with Gasteiger partial charge in [-0.15, -0.1) is 0 Å². The van der Waals surface area contributed by atoms with Gasteiger partial charge in [-0.05, 0) is 12.1 Å². The third-order valence-corrected chi connectivity index (χ3v) is 6.81. The maximum Gasteiger partial charge on any atom is 0.237 e. The maximum atomic E-state index is 7.45. The van der Waals surface area contributed by atoms with Crippen LogP contribution in [-0.2, 0) is 7.05 Å². The van der Waals surface area contributed by atoms with E-state index in [9.17, 15) is 0 Å². The van der Waals surface area contributed by atoms with Gasteiger partial charge < -0.3 is 9.69 Å². The van der Waals surface area contributed by atoms with E-state index < -0.39 is 0 Å². The van der Waals surface area contributed by atoms with Crippen molar-refractivity contribution in [2.75, 3.05) is 6.54 Å². The molecule has 0 saturated heterocycles. The van der Waals surface area contributed by atoms with Crippen molar-refractivity contribution in [1.82, 2.24) is 34.2 Å². The summed E-state index contributed by atoms with van der Waals surface area (Å²) in [6, 6.07) is 3.84. The number of hydrogen-bond acceptors (Lipinski definition) is 4. The van der Waals surface area contributed by atoms with Crippen molar-refractivity contribution >= 4 is 5.52 Å². The van der Waals surface area contributed by atoms with E-state index in [-0.39, 0.29) is 17.0 Å². The predicted molar refractivity (Wildman–Crippen MR) is 113 cm³/mol. The van der Waals surface area contributed by atoms with E-state index in [0.717, 1.165) is 47.4 Å². The fourth-order valence-electron chi connectivity index (χ4n) is 5.37. The molecule has 3 aliphatic rings. The normalized spacial score (nSPS) is 24.7. The summed E-state index contributed by atoms with van der Waals surface area (Å²) in [5.41, 5.74) is 3.92. The van der Waals surface area contributed by atoms with E-state index in [2.05, 4.69) is 25.0 Å². The fraction of sp³-hybridized carbons (Fsp3) is 0.364. The van der Waals surface area contributed by atoms with E-state index in [4.69, 9.17) is 18.1 Å². The standard InChI is InChI=1S/C22H19N9/c1-23-9-19(21-12-22(13-21,14-21)24-2)31-10-15(8-26-31)20-18-4-6-25-30(18)11-17(27-20)16-5-7-29(3)28-16/h4-8,10-11,19H,9,12-14H2,3H3. The van der Waals surface area contributed by atoms with Crippen LogP contribution in [-0.4, -0.2) is 46.2 Å². The molecular formula is C22H19N9. The van der Waals surface area contributed by atoms with Crippen LogP contribution in [0, 0.1) is 18.6 Å². The van der Waals surface area contributed by atoms with Gasteiger partial charge >= 0.3 is 0 Å². The largest absolute Gasteiger partial charge is 0.315 e. The molecule has 4 aromatic heterocycles. The first kappa shape index (κ1) is 17.8. The summed E-state index contributed by atoms with van der Waals surface area (Å²) in [5, 5.41) is 13.5. The van der Waals surface area contributed by atoms with Crippen molar-refractivity contribution in [3.8, 4) is 22.6 Å². The summed E-state index contributed by atoms with van der Waals surface area (Å²) in [6.45, 7) is 15.2. The monoisotopic (exact) mass is 409 g/mol. The summed E-state index contributed by atoms with van der Waals surface area (Å²) in [6.07, 6.45) is 11.9. The zero-order valence-corrected chi connectivity index (χ0v) is 17.0. The number of hydrogen-bond donors (Lipinski definition) is 0. The molecule has 3 saturated carbocycles. The summed E-state index contributed by atoms with van der Waals surface area (Å²) in [5.74, 6) is 0. The number of fused-ring (bicyclic) bond motifs is 1. The molecule has 0 spiro atoms. The highest BCUT2D eigenvalue weighted by Crippen LogP contribution is 2.73. The van der Waals surface area contributed by atoms with Gasteiger partial charge in [0, 0.05) is 49.7 Å². The van der Waals surface area contributed by atoms with E-state index >= 15 is 0 Å². The Balaban J connectivity index is 1.40. The van der Waals surface area contributed by atoms with Crippen molar-refractivity contribution in [3.63, 3.8) is 0 Å². The zero-order valence-electron chi connectivity index (χ0n) is 17.0. The van der Waals surface area contributed by atoms with Crippen LogP contribution in [0.3, 0.4) is 0 Å². The lowest BCUT2D eigenvalue weighted by Crippen LogP contribution is -2.68. The third kappa shape index (κ3) is 2.47. The number of rotatable bonds is 5. The molecule has 7 rings (SSSR count). The van der Waals surface area contributed by atoms with Gasteiger partial charge in [-0.3, -0.25) is 9.36 Å². The lowest BCUT2D eigenvalue weighted by atomic mass is 9.37. The van der Waals surface area contributed by atoms with E-state index in [0.29, 0.717) is 6.54 Å². The molecule has 1 unspecified atom stereocenters. The van der Waals surface area contributed by atoms with Crippen LogP contribution in [0.2, 0.25) is 0 Å². The number of nitrogens with zero attached hydrogens (tertiary/aromatic N) is 9. The minimum atomic E-state index is -0.168. The van der Waals surface area contributed by atoms with Crippen LogP contribution in [0.1, 0.15) is 25.3 Å². The van der Waals surface area contributed by atoms with Crippen LogP contribution < -0.4 is 0 Å². The van der Waals surface area contributed by atoms with Crippen LogP contribution in [0.25, 0.3) is 37.9 Å². The fourth-order valence-corrected chi connectivity index (χ4v) is 5.37. The number of aromatic nitrogens is 7. The molecular weight excluding hydrogens is 390 g/mol. The van der Waals surface area contributed by atoms with Gasteiger partial charge in [0.2, 0.25) is 12.1 Å². The first-order valence-electron chi connectivity index (χ1n) is 10.2. The molecule has 0 aliphatic heterocycles. The molecule has 4 aromatic rings. The SMILES string of the molecule is [C-]#[N+]CC(n1cc(-c2nc(-c3ccn(C)n3)cn3nccc23)cn1)C12CC([N+]#[C-])(C1)C2. The Morgan fingerprint density at radius 2 is 1.97 bits per heavy atom. The Kier molecular flexibility index (Phi) is 3.46. The Hall–Kier alpha value is -3.98. The highest BCUT2D eigenvalue weighted by atomic mass is 15.3. The average molecular weight is 409 g/mol. The first-order chi connectivity index (χ1) is 15.0. The Morgan fingerprint density at radius 3 is 2.68 bits per heavy atom. The molecule has 0 radical (unpaired) electrons. The second-order valence-corrected chi connectivity index (χ2v) is 8.80. The van der Waals surface area contributed by atoms with Crippen molar-refractivity contribution in [1.29, 1.82) is 0 Å². The molecule has 9 nitrogen and oxygen atoms in total. The van der Waals surface area contributed by atoms with Crippen LogP contribution in [0.15, 0.2) is 43.1 Å². The van der Waals surface area contributed by atoms with Gasteiger partial charge in [-0.25, -0.2) is 22.6 Å². The Bertz CT molecular complexity index is 1390. The number of aryl methyl sites for hydroxylation is 1. The second-order valence-electron chi connectivity index (χ2n) is 8.80. The second kappa shape index (κ2) is 6.02. The van der Waals surface area contributed by atoms with Gasteiger partial charge in [-0.2, -0.15) is 15.3 Å². The Labute approximate surface area is 178 Å². The molecule has 31 heavy (non-hydrogen) atoms. The van der Waals surface area contributed by atoms with Crippen molar-refractivity contribution < 1.29 is 0 Å². The lowest BCUT2D eigenvalue weighted by Gasteiger charge is -2.63. The smallest absolute Gasteiger partial charge is 0.237 e. The van der Waals surface area contributed by atoms with Crippen molar-refractivity contribution in [2.24, 2.45) is 12.5 Å². The molecule has 1 atom stereocenters. The van der Waals surface area contributed by atoms with E-state index in [1.165, 1.54) is 0 Å². The lowest BCUT2D eigenvalue weighted by molar-refractivity contribution is -0.142. The minimum absolute atomic E-state index is 0.0118. The third-order valence-electron chi connectivity index (χ3n) is 6.81. The van der Waals surface area contributed by atoms with Gasteiger partial charge in [0.15, 0.2) is 0 Å². The highest BCUT2D eigenvalue weighted by molar-refractivity contribution is 5.77. The molecule has 0 aromatic carbocycles. The van der Waals surface area contributed by atoms with E-state index in [1.54, 1.807) is 15.4 Å². The van der Waals surface area contributed by atoms with Crippen molar-refractivity contribution in [2.45, 2.75) is 30.8 Å². The van der Waals surface area contributed by atoms with Crippen molar-refractivity contribution in [3.05, 3.63) is 66.0 Å². The summed E-state index contributed by atoms with van der Waals surface area (Å²) >= 11 is 0. The average Bonchev–Trinajstić information content (AvgIpc) is 3.45. The molecule has 0 N–H and O–H groups in total. The molecule has 3 aliphatic carbocycles. The molecule has 9 heteroatoms. The molecule has 3 fully saturated rings. The first-order valence-corrected chi connectivity index (χ1v) is 10.2. The highest BCUT2D eigenvalue weighted by Gasteiger charge is 2.78. The summed E-state index contributed by atoms with van der Waals surface area (Å²) in [7, 11) is 1.88. The van der Waals surface area contributed by atoms with Gasteiger partial charge in [0.05, 0.1) is 29.8 Å². The summed E-state index contributed by atoms with van der Waals surface area (Å²) in [4.78, 5) is 12.4. The molecule has 2 bridgehead atoms. The molecule has 4 heterocycles. The Morgan fingerprint density at radius 1 is 1.13 bits per heavy atom. The van der Waals surface area contributed by atoms with Gasteiger partial charge in [-0.1, -0.05) is 0 Å². The van der Waals surface area contributed by atoms with E-state index in [1.807, 2.05) is 48.6 Å². The van der Waals surface area contributed by atoms with Gasteiger partial charge in [0.1, 0.15) is 17.4 Å². The quantitative estimate of drug-likeness (QED) is 0.474.